The Morgan fingerprint density at radius 2 is 0.609 bits per heavy atom. The van der Waals surface area contributed by atoms with Crippen LogP contribution in [0.15, 0.2) is 0 Å². The van der Waals surface area contributed by atoms with Crippen molar-refractivity contribution in [2.45, 2.75) is 77.0 Å². The minimum absolute atomic E-state index is 0. The quantitative estimate of drug-likeness (QED) is 0.366. The molecular formula is C22H34Mn. The molecule has 0 aromatic heterocycles. The van der Waals surface area contributed by atoms with Crippen LogP contribution in [0, 0.1) is 60.2 Å². The normalized spacial score (nSPS) is 57.7. The molecule has 0 aromatic carbocycles. The van der Waals surface area contributed by atoms with Crippen molar-refractivity contribution < 1.29 is 17.1 Å². The zero-order chi connectivity index (χ0) is 14.9. The summed E-state index contributed by atoms with van der Waals surface area (Å²) in [6.07, 6.45) is 18.0. The van der Waals surface area contributed by atoms with E-state index in [1.54, 1.807) is 38.5 Å². The molecule has 0 atom stereocenters. The zero-order valence-corrected chi connectivity index (χ0v) is 15.9. The van der Waals surface area contributed by atoms with Gasteiger partial charge in [-0.3, -0.25) is 0 Å². The first kappa shape index (κ1) is 17.0. The second kappa shape index (κ2) is 5.77. The molecule has 8 fully saturated rings. The van der Waals surface area contributed by atoms with E-state index in [-0.39, 0.29) is 17.1 Å². The first-order chi connectivity index (χ1) is 10.5. The summed E-state index contributed by atoms with van der Waals surface area (Å²) in [5, 5.41) is 0. The molecule has 0 amide bonds. The molecule has 0 unspecified atom stereocenters. The van der Waals surface area contributed by atoms with E-state index in [9.17, 15) is 0 Å². The summed E-state index contributed by atoms with van der Waals surface area (Å²) < 4.78 is 0. The Morgan fingerprint density at radius 3 is 0.739 bits per heavy atom. The van der Waals surface area contributed by atoms with E-state index in [4.69, 9.17) is 0 Å². The van der Waals surface area contributed by atoms with Crippen molar-refractivity contribution in [1.29, 1.82) is 0 Å². The summed E-state index contributed by atoms with van der Waals surface area (Å²) in [4.78, 5) is 0. The fraction of sp³-hybridized carbons (Fsp3) is 0.909. The van der Waals surface area contributed by atoms with Gasteiger partial charge in [0.2, 0.25) is 0 Å². The van der Waals surface area contributed by atoms with Gasteiger partial charge in [0.05, 0.1) is 0 Å². The molecule has 8 aliphatic rings. The van der Waals surface area contributed by atoms with E-state index in [0.29, 0.717) is 10.8 Å². The molecule has 8 aliphatic carbocycles. The molecular weight excluding hydrogens is 319 g/mol. The predicted molar refractivity (Wildman–Crippen MR) is 91.9 cm³/mol. The van der Waals surface area contributed by atoms with Crippen LogP contribution in [0.25, 0.3) is 0 Å². The van der Waals surface area contributed by atoms with Gasteiger partial charge in [-0.15, -0.1) is 0 Å². The van der Waals surface area contributed by atoms with E-state index in [1.807, 2.05) is 0 Å². The molecule has 0 N–H and O–H groups in total. The Hall–Kier alpha value is 0.519. The fourth-order valence-corrected chi connectivity index (χ4v) is 8.58. The Morgan fingerprint density at radius 1 is 0.435 bits per heavy atom. The summed E-state index contributed by atoms with van der Waals surface area (Å²) >= 11 is 0. The van der Waals surface area contributed by atoms with Crippen molar-refractivity contribution in [3.8, 4) is 0 Å². The molecule has 0 nitrogen and oxygen atoms in total. The molecule has 23 heavy (non-hydrogen) atoms. The van der Waals surface area contributed by atoms with Crippen LogP contribution in [0.2, 0.25) is 0 Å². The van der Waals surface area contributed by atoms with Crippen LogP contribution < -0.4 is 0 Å². The second-order valence-electron chi connectivity index (χ2n) is 10.8. The Balaban J connectivity index is 0.000000113. The van der Waals surface area contributed by atoms with Gasteiger partial charge in [-0.1, -0.05) is 38.5 Å². The minimum atomic E-state index is 0. The zero-order valence-electron chi connectivity index (χ0n) is 14.7. The van der Waals surface area contributed by atoms with E-state index < -0.39 is 0 Å². The molecule has 8 saturated carbocycles. The second-order valence-corrected chi connectivity index (χ2v) is 10.8. The van der Waals surface area contributed by atoms with Gasteiger partial charge in [0, 0.05) is 0 Å². The van der Waals surface area contributed by atoms with Gasteiger partial charge in [-0.25, -0.2) is 0 Å². The van der Waals surface area contributed by atoms with E-state index in [0.717, 1.165) is 35.5 Å². The molecule has 0 spiro atoms. The van der Waals surface area contributed by atoms with Crippen LogP contribution in [-0.2, 0) is 17.1 Å². The minimum Gasteiger partial charge on any atom is -0.337 e. The van der Waals surface area contributed by atoms with Crippen LogP contribution in [0.5, 0.6) is 0 Å². The topological polar surface area (TPSA) is 0 Å². The van der Waals surface area contributed by atoms with E-state index in [1.165, 1.54) is 38.5 Å². The third kappa shape index (κ3) is 3.19. The van der Waals surface area contributed by atoms with Crippen molar-refractivity contribution in [3.05, 3.63) is 13.8 Å². The molecule has 0 aromatic rings. The average Bonchev–Trinajstić information content (AvgIpc) is 2.32. The molecule has 1 radical (unpaired) electrons. The third-order valence-electron chi connectivity index (χ3n) is 8.33. The monoisotopic (exact) mass is 353 g/mol. The molecule has 8 bridgehead atoms. The number of hydrogen-bond acceptors (Lipinski definition) is 0. The predicted octanol–water partition coefficient (Wildman–Crippen LogP) is 6.07. The van der Waals surface area contributed by atoms with Crippen molar-refractivity contribution in [1.82, 2.24) is 0 Å². The van der Waals surface area contributed by atoms with E-state index in [2.05, 4.69) is 13.8 Å². The molecule has 1 heteroatoms. The standard InChI is InChI=1S/2C11H17.Mn/c2*1-11-5-8-2-9(6-11)4-10(3-8)7-11;/h2*8-10H,1-7H2;/q2*-1;+2. The van der Waals surface area contributed by atoms with Gasteiger partial charge in [-0.2, -0.15) is 10.8 Å². The van der Waals surface area contributed by atoms with Gasteiger partial charge in [-0.05, 0) is 74.0 Å². The summed E-state index contributed by atoms with van der Waals surface area (Å²) in [6, 6.07) is 0. The Kier molecular flexibility index (Phi) is 4.25. The number of rotatable bonds is 0. The SMILES string of the molecule is [CH2-]C12CC3CC(CC(C3)C1)C2.[CH2-]C12CC3CC(CC(C3)C1)C2.[Mn+2]. The maximum atomic E-state index is 4.43. The first-order valence-electron chi connectivity index (χ1n) is 10.2. The van der Waals surface area contributed by atoms with Crippen molar-refractivity contribution in [2.75, 3.05) is 0 Å². The third-order valence-corrected chi connectivity index (χ3v) is 8.33. The van der Waals surface area contributed by atoms with Crippen LogP contribution in [0.4, 0.5) is 0 Å². The van der Waals surface area contributed by atoms with Crippen LogP contribution in [0.1, 0.15) is 77.0 Å². The van der Waals surface area contributed by atoms with Crippen LogP contribution in [-0.4, -0.2) is 0 Å². The maximum absolute atomic E-state index is 4.43. The largest absolute Gasteiger partial charge is 2.00 e. The maximum Gasteiger partial charge on any atom is 2.00 e. The van der Waals surface area contributed by atoms with Gasteiger partial charge < -0.3 is 13.8 Å². The molecule has 0 heterocycles. The summed E-state index contributed by atoms with van der Waals surface area (Å²) in [7, 11) is 0. The molecule has 0 aliphatic heterocycles. The first-order valence-corrected chi connectivity index (χ1v) is 10.2. The molecule has 129 valence electrons. The molecule has 8 rings (SSSR count). The smallest absolute Gasteiger partial charge is 0.337 e. The Bertz CT molecular complexity index is 338. The van der Waals surface area contributed by atoms with Crippen LogP contribution >= 0.6 is 0 Å². The van der Waals surface area contributed by atoms with Crippen molar-refractivity contribution >= 4 is 0 Å². The van der Waals surface area contributed by atoms with Gasteiger partial charge in [0.1, 0.15) is 0 Å². The van der Waals surface area contributed by atoms with Crippen molar-refractivity contribution in [2.24, 2.45) is 46.3 Å². The molecule has 0 saturated heterocycles. The Labute approximate surface area is 154 Å². The van der Waals surface area contributed by atoms with Gasteiger partial charge in [0.25, 0.3) is 0 Å². The summed E-state index contributed by atoms with van der Waals surface area (Å²) in [5.41, 5.74) is 1.10. The summed E-state index contributed by atoms with van der Waals surface area (Å²) in [5.74, 6) is 6.49. The average molecular weight is 353 g/mol. The van der Waals surface area contributed by atoms with E-state index >= 15 is 0 Å². The van der Waals surface area contributed by atoms with Gasteiger partial charge in [0.15, 0.2) is 0 Å². The van der Waals surface area contributed by atoms with Gasteiger partial charge >= 0.3 is 17.1 Å². The fourth-order valence-electron chi connectivity index (χ4n) is 8.58. The number of hydrogen-bond donors (Lipinski definition) is 0. The van der Waals surface area contributed by atoms with Crippen molar-refractivity contribution in [3.63, 3.8) is 0 Å². The summed E-state index contributed by atoms with van der Waals surface area (Å²) in [6.45, 7) is 8.86. The van der Waals surface area contributed by atoms with Crippen LogP contribution in [0.3, 0.4) is 0 Å².